The van der Waals surface area contributed by atoms with E-state index in [4.69, 9.17) is 5.11 Å². The van der Waals surface area contributed by atoms with E-state index >= 15 is 0 Å². The molecule has 0 radical (unpaired) electrons. The lowest BCUT2D eigenvalue weighted by Crippen LogP contribution is -1.97. The molecule has 0 saturated heterocycles. The van der Waals surface area contributed by atoms with Gasteiger partial charge in [0, 0.05) is 11.1 Å². The lowest BCUT2D eigenvalue weighted by molar-refractivity contribution is 0.0691. The lowest BCUT2D eigenvalue weighted by Gasteiger charge is -2.07. The Bertz CT molecular complexity index is 546. The first kappa shape index (κ1) is 12.6. The van der Waals surface area contributed by atoms with Gasteiger partial charge in [-0.3, -0.25) is 0 Å². The van der Waals surface area contributed by atoms with Gasteiger partial charge in [-0.1, -0.05) is 26.0 Å². The van der Waals surface area contributed by atoms with E-state index in [2.05, 4.69) is 36.3 Å². The summed E-state index contributed by atoms with van der Waals surface area (Å²) in [7, 11) is 0. The first-order valence-electron chi connectivity index (χ1n) is 5.62. The van der Waals surface area contributed by atoms with Crippen LogP contribution >= 0.6 is 11.3 Å². The number of aromatic nitrogens is 1. The summed E-state index contributed by atoms with van der Waals surface area (Å²) in [6.45, 7) is 4.28. The van der Waals surface area contributed by atoms with Crippen molar-refractivity contribution >= 4 is 28.1 Å². The van der Waals surface area contributed by atoms with E-state index in [-0.39, 0.29) is 5.69 Å². The van der Waals surface area contributed by atoms with Crippen LogP contribution in [-0.4, -0.2) is 16.1 Å². The Balaban J connectivity index is 2.10. The van der Waals surface area contributed by atoms with Gasteiger partial charge in [-0.15, -0.1) is 11.3 Å². The Morgan fingerprint density at radius 2 is 2.00 bits per heavy atom. The van der Waals surface area contributed by atoms with Gasteiger partial charge in [0.1, 0.15) is 0 Å². The normalized spacial score (nSPS) is 10.6. The lowest BCUT2D eigenvalue weighted by atomic mass is 10.0. The second-order valence-corrected chi connectivity index (χ2v) is 5.10. The average Bonchev–Trinajstić information content (AvgIpc) is 2.78. The van der Waals surface area contributed by atoms with E-state index in [1.165, 1.54) is 22.3 Å². The fourth-order valence-electron chi connectivity index (χ4n) is 1.50. The zero-order valence-corrected chi connectivity index (χ0v) is 11.0. The summed E-state index contributed by atoms with van der Waals surface area (Å²) in [6.07, 6.45) is 0. The minimum atomic E-state index is -1.01. The third-order valence-corrected chi connectivity index (χ3v) is 3.31. The first-order chi connectivity index (χ1) is 8.56. The van der Waals surface area contributed by atoms with Crippen molar-refractivity contribution in [3.05, 3.63) is 40.9 Å². The summed E-state index contributed by atoms with van der Waals surface area (Å²) >= 11 is 1.28. The molecule has 0 aliphatic heterocycles. The SMILES string of the molecule is CC(C)c1ccc(Nc2nc(C(=O)O)cs2)cc1. The van der Waals surface area contributed by atoms with Crippen LogP contribution in [0.3, 0.4) is 0 Å². The molecule has 2 aromatic rings. The summed E-state index contributed by atoms with van der Waals surface area (Å²) in [5.74, 6) is -0.507. The number of carbonyl (C=O) groups is 1. The van der Waals surface area contributed by atoms with Gasteiger partial charge in [-0.05, 0) is 23.6 Å². The number of benzene rings is 1. The molecule has 0 spiro atoms. The molecule has 18 heavy (non-hydrogen) atoms. The number of carboxylic acids is 1. The molecule has 2 N–H and O–H groups in total. The van der Waals surface area contributed by atoms with Crippen molar-refractivity contribution in [3.63, 3.8) is 0 Å². The van der Waals surface area contributed by atoms with Crippen molar-refractivity contribution in [3.8, 4) is 0 Å². The quantitative estimate of drug-likeness (QED) is 0.881. The standard InChI is InChI=1S/C13H14N2O2S/c1-8(2)9-3-5-10(6-4-9)14-13-15-11(7-18-13)12(16)17/h3-8H,1-2H3,(H,14,15)(H,16,17). The predicted molar refractivity (Wildman–Crippen MR) is 72.9 cm³/mol. The van der Waals surface area contributed by atoms with Gasteiger partial charge in [0.05, 0.1) is 0 Å². The summed E-state index contributed by atoms with van der Waals surface area (Å²) in [5, 5.41) is 14.0. The Hall–Kier alpha value is -1.88. The van der Waals surface area contributed by atoms with E-state index in [9.17, 15) is 4.79 Å². The highest BCUT2D eigenvalue weighted by Gasteiger charge is 2.08. The molecule has 0 aliphatic rings. The second kappa shape index (κ2) is 5.18. The molecule has 0 amide bonds. The summed E-state index contributed by atoms with van der Waals surface area (Å²) in [5.41, 5.74) is 2.25. The molecule has 2 rings (SSSR count). The van der Waals surface area contributed by atoms with Crippen LogP contribution in [-0.2, 0) is 0 Å². The van der Waals surface area contributed by atoms with E-state index < -0.39 is 5.97 Å². The summed E-state index contributed by atoms with van der Waals surface area (Å²) < 4.78 is 0. The highest BCUT2D eigenvalue weighted by atomic mass is 32.1. The molecule has 1 aromatic carbocycles. The smallest absolute Gasteiger partial charge is 0.355 e. The van der Waals surface area contributed by atoms with Crippen molar-refractivity contribution < 1.29 is 9.90 Å². The van der Waals surface area contributed by atoms with Gasteiger partial charge in [-0.25, -0.2) is 9.78 Å². The molecule has 1 aromatic heterocycles. The van der Waals surface area contributed by atoms with Crippen molar-refractivity contribution in [2.24, 2.45) is 0 Å². The Morgan fingerprint density at radius 3 is 2.50 bits per heavy atom. The van der Waals surface area contributed by atoms with E-state index in [0.717, 1.165) is 5.69 Å². The van der Waals surface area contributed by atoms with Crippen molar-refractivity contribution in [1.82, 2.24) is 4.98 Å². The molecule has 94 valence electrons. The number of carboxylic acid groups (broad SMARTS) is 1. The second-order valence-electron chi connectivity index (χ2n) is 4.24. The molecule has 1 heterocycles. The molecule has 0 bridgehead atoms. The number of nitrogens with one attached hydrogen (secondary N) is 1. The molecule has 0 unspecified atom stereocenters. The highest BCUT2D eigenvalue weighted by Crippen LogP contribution is 2.23. The van der Waals surface area contributed by atoms with Gasteiger partial charge >= 0.3 is 5.97 Å². The van der Waals surface area contributed by atoms with Crippen LogP contribution in [0.2, 0.25) is 0 Å². The third kappa shape index (κ3) is 2.87. The number of hydrogen-bond donors (Lipinski definition) is 2. The van der Waals surface area contributed by atoms with E-state index in [1.54, 1.807) is 0 Å². The summed E-state index contributed by atoms with van der Waals surface area (Å²) in [6, 6.07) is 8.05. The van der Waals surface area contributed by atoms with Crippen molar-refractivity contribution in [1.29, 1.82) is 0 Å². The fraction of sp³-hybridized carbons (Fsp3) is 0.231. The zero-order chi connectivity index (χ0) is 13.1. The molecule has 0 fully saturated rings. The highest BCUT2D eigenvalue weighted by molar-refractivity contribution is 7.14. The van der Waals surface area contributed by atoms with Gasteiger partial charge < -0.3 is 10.4 Å². The van der Waals surface area contributed by atoms with Gasteiger partial charge in [0.2, 0.25) is 0 Å². The Morgan fingerprint density at radius 1 is 1.33 bits per heavy atom. The van der Waals surface area contributed by atoms with E-state index in [1.807, 2.05) is 12.1 Å². The minimum absolute atomic E-state index is 0.0706. The predicted octanol–water partition coefficient (Wildman–Crippen LogP) is 3.71. The van der Waals surface area contributed by atoms with E-state index in [0.29, 0.717) is 11.0 Å². The van der Waals surface area contributed by atoms with Gasteiger partial charge in [0.25, 0.3) is 0 Å². The minimum Gasteiger partial charge on any atom is -0.476 e. The van der Waals surface area contributed by atoms with Crippen LogP contribution < -0.4 is 5.32 Å². The molecule has 0 atom stereocenters. The van der Waals surface area contributed by atoms with Crippen LogP contribution in [0.5, 0.6) is 0 Å². The fourth-order valence-corrected chi connectivity index (χ4v) is 2.21. The third-order valence-electron chi connectivity index (χ3n) is 2.55. The number of thiazole rings is 1. The number of anilines is 2. The van der Waals surface area contributed by atoms with Crippen LogP contribution in [0, 0.1) is 0 Å². The largest absolute Gasteiger partial charge is 0.476 e. The molecular weight excluding hydrogens is 248 g/mol. The monoisotopic (exact) mass is 262 g/mol. The Labute approximate surface area is 109 Å². The maximum Gasteiger partial charge on any atom is 0.355 e. The first-order valence-corrected chi connectivity index (χ1v) is 6.50. The summed E-state index contributed by atoms with van der Waals surface area (Å²) in [4.78, 5) is 14.7. The van der Waals surface area contributed by atoms with Crippen molar-refractivity contribution in [2.45, 2.75) is 19.8 Å². The topological polar surface area (TPSA) is 62.2 Å². The molecule has 0 aliphatic carbocycles. The number of aromatic carboxylic acids is 1. The maximum absolute atomic E-state index is 10.7. The van der Waals surface area contributed by atoms with Crippen LogP contribution in [0.25, 0.3) is 0 Å². The van der Waals surface area contributed by atoms with Crippen LogP contribution in [0.4, 0.5) is 10.8 Å². The molecule has 0 saturated carbocycles. The molecular formula is C13H14N2O2S. The van der Waals surface area contributed by atoms with Gasteiger partial charge in [-0.2, -0.15) is 0 Å². The number of rotatable bonds is 4. The zero-order valence-electron chi connectivity index (χ0n) is 10.2. The molecule has 5 heteroatoms. The van der Waals surface area contributed by atoms with Gasteiger partial charge in [0.15, 0.2) is 10.8 Å². The van der Waals surface area contributed by atoms with Crippen molar-refractivity contribution in [2.75, 3.05) is 5.32 Å². The van der Waals surface area contributed by atoms with Crippen LogP contribution in [0.15, 0.2) is 29.6 Å². The number of nitrogens with zero attached hydrogens (tertiary/aromatic N) is 1. The number of hydrogen-bond acceptors (Lipinski definition) is 4. The van der Waals surface area contributed by atoms with Crippen LogP contribution in [0.1, 0.15) is 35.8 Å². The average molecular weight is 262 g/mol. The Kier molecular flexibility index (Phi) is 3.62. The maximum atomic E-state index is 10.7. The molecule has 4 nitrogen and oxygen atoms in total.